The molecule has 9 heteroatoms. The number of piperidine rings is 1. The number of nitrogens with one attached hydrogen (secondary N) is 1. The maximum Gasteiger partial charge on any atom is 0.323 e. The van der Waals surface area contributed by atoms with Crippen molar-refractivity contribution < 1.29 is 29.1 Å². The van der Waals surface area contributed by atoms with Crippen molar-refractivity contribution in [1.82, 2.24) is 15.1 Å². The van der Waals surface area contributed by atoms with E-state index >= 15 is 0 Å². The Hall–Kier alpha value is -3.23. The number of imide groups is 1. The second-order valence-electron chi connectivity index (χ2n) is 7.68. The van der Waals surface area contributed by atoms with E-state index < -0.39 is 17.9 Å². The summed E-state index contributed by atoms with van der Waals surface area (Å²) in [6.45, 7) is -0.189. The third kappa shape index (κ3) is 3.48. The van der Waals surface area contributed by atoms with Gasteiger partial charge in [0.15, 0.2) is 0 Å². The van der Waals surface area contributed by atoms with Crippen LogP contribution < -0.4 is 5.32 Å². The molecule has 1 saturated heterocycles. The minimum atomic E-state index is -1.06. The van der Waals surface area contributed by atoms with Gasteiger partial charge in [-0.3, -0.25) is 29.3 Å². The van der Waals surface area contributed by atoms with Crippen LogP contribution in [0.15, 0.2) is 18.2 Å². The van der Waals surface area contributed by atoms with Gasteiger partial charge in [-0.15, -0.1) is 0 Å². The molecule has 9 nitrogen and oxygen atoms in total. The van der Waals surface area contributed by atoms with Crippen LogP contribution in [-0.2, 0) is 20.9 Å². The summed E-state index contributed by atoms with van der Waals surface area (Å²) in [6.07, 6.45) is 2.97. The number of carbonyl (C=O) groups excluding carboxylic acids is 4. The number of hydrogen-bond acceptors (Lipinski definition) is 5. The highest BCUT2D eigenvalue weighted by Gasteiger charge is 2.39. The first-order valence-electron chi connectivity index (χ1n) is 9.65. The molecule has 2 heterocycles. The van der Waals surface area contributed by atoms with Crippen LogP contribution >= 0.6 is 0 Å². The number of carbonyl (C=O) groups is 5. The molecular weight excluding hydrogens is 378 g/mol. The van der Waals surface area contributed by atoms with Crippen molar-refractivity contribution in [2.24, 2.45) is 0 Å². The molecule has 29 heavy (non-hydrogen) atoms. The summed E-state index contributed by atoms with van der Waals surface area (Å²) in [7, 11) is 0. The first kappa shape index (κ1) is 19.1. The van der Waals surface area contributed by atoms with Gasteiger partial charge in [0.2, 0.25) is 11.8 Å². The zero-order valence-corrected chi connectivity index (χ0v) is 15.7. The van der Waals surface area contributed by atoms with E-state index in [0.29, 0.717) is 16.7 Å². The Morgan fingerprint density at radius 3 is 2.55 bits per heavy atom. The van der Waals surface area contributed by atoms with Crippen LogP contribution in [0.2, 0.25) is 0 Å². The van der Waals surface area contributed by atoms with Crippen molar-refractivity contribution in [1.29, 1.82) is 0 Å². The standard InChI is InChI=1S/C20H21N3O6/c24-16-7-6-15(18(27)21-16)23-9-12-8-11(4-5-14(12)20(23)29)19(28)22(10-17(25)26)13-2-1-3-13/h4-5,8,13,15H,1-3,6-7,9-10H2,(H,25,26)(H,21,24,27). The molecule has 0 spiro atoms. The monoisotopic (exact) mass is 399 g/mol. The fourth-order valence-electron chi connectivity index (χ4n) is 4.08. The summed E-state index contributed by atoms with van der Waals surface area (Å²) in [6, 6.07) is 3.89. The second-order valence-corrected chi connectivity index (χ2v) is 7.68. The molecule has 152 valence electrons. The van der Waals surface area contributed by atoms with E-state index in [9.17, 15) is 24.0 Å². The molecule has 2 fully saturated rings. The van der Waals surface area contributed by atoms with Crippen molar-refractivity contribution in [2.75, 3.05) is 6.54 Å². The van der Waals surface area contributed by atoms with Gasteiger partial charge in [-0.1, -0.05) is 0 Å². The normalized spacial score (nSPS) is 21.4. The maximum absolute atomic E-state index is 12.9. The van der Waals surface area contributed by atoms with Gasteiger partial charge in [-0.05, 0) is 49.4 Å². The SMILES string of the molecule is O=C(O)CN(C(=O)c1ccc2c(c1)CN(C1CCC(=O)NC1=O)C2=O)C1CCC1. The van der Waals surface area contributed by atoms with Gasteiger partial charge < -0.3 is 14.9 Å². The maximum atomic E-state index is 12.9. The lowest BCUT2D eigenvalue weighted by atomic mass is 9.90. The summed E-state index contributed by atoms with van der Waals surface area (Å²) < 4.78 is 0. The lowest BCUT2D eigenvalue weighted by Crippen LogP contribution is -2.52. The van der Waals surface area contributed by atoms with Crippen LogP contribution in [0.1, 0.15) is 58.4 Å². The highest BCUT2D eigenvalue weighted by molar-refractivity contribution is 6.06. The summed E-state index contributed by atoms with van der Waals surface area (Å²) in [5.41, 5.74) is 1.36. The number of aliphatic carboxylic acids is 1. The number of amides is 4. The molecule has 2 N–H and O–H groups in total. The van der Waals surface area contributed by atoms with Crippen LogP contribution in [0.4, 0.5) is 0 Å². The highest BCUT2D eigenvalue weighted by atomic mass is 16.4. The molecule has 1 unspecified atom stereocenters. The van der Waals surface area contributed by atoms with Gasteiger partial charge in [-0.25, -0.2) is 0 Å². The van der Waals surface area contributed by atoms with Gasteiger partial charge in [-0.2, -0.15) is 0 Å². The van der Waals surface area contributed by atoms with Gasteiger partial charge >= 0.3 is 5.97 Å². The largest absolute Gasteiger partial charge is 0.480 e. The van der Waals surface area contributed by atoms with Crippen molar-refractivity contribution >= 4 is 29.6 Å². The predicted molar refractivity (Wildman–Crippen MR) is 98.8 cm³/mol. The van der Waals surface area contributed by atoms with Crippen LogP contribution in [0.25, 0.3) is 0 Å². The molecule has 4 rings (SSSR count). The van der Waals surface area contributed by atoms with Gasteiger partial charge in [0, 0.05) is 30.1 Å². The fourth-order valence-corrected chi connectivity index (χ4v) is 4.08. The summed E-state index contributed by atoms with van der Waals surface area (Å²) in [4.78, 5) is 63.1. The number of fused-ring (bicyclic) bond motifs is 1. The Morgan fingerprint density at radius 1 is 1.17 bits per heavy atom. The molecule has 2 aliphatic heterocycles. The Labute approximate surface area is 166 Å². The molecule has 4 amide bonds. The van der Waals surface area contributed by atoms with E-state index in [0.717, 1.165) is 19.3 Å². The second kappa shape index (κ2) is 7.31. The fraction of sp³-hybridized carbons (Fsp3) is 0.450. The van der Waals surface area contributed by atoms with E-state index in [4.69, 9.17) is 5.11 Å². The number of carboxylic acid groups (broad SMARTS) is 1. The Bertz CT molecular complexity index is 923. The van der Waals surface area contributed by atoms with Crippen LogP contribution in [-0.4, -0.2) is 63.1 Å². The van der Waals surface area contributed by atoms with E-state index in [1.165, 1.54) is 15.9 Å². The van der Waals surface area contributed by atoms with Crippen molar-refractivity contribution in [3.8, 4) is 0 Å². The molecule has 1 aliphatic carbocycles. The minimum absolute atomic E-state index is 0.0755. The van der Waals surface area contributed by atoms with Crippen LogP contribution in [0.5, 0.6) is 0 Å². The predicted octanol–water partition coefficient (Wildman–Crippen LogP) is 0.527. The van der Waals surface area contributed by atoms with E-state index in [1.807, 2.05) is 0 Å². The van der Waals surface area contributed by atoms with Gasteiger partial charge in [0.1, 0.15) is 12.6 Å². The molecule has 1 saturated carbocycles. The summed E-state index contributed by atoms with van der Waals surface area (Å²) in [5.74, 6) is -2.58. The van der Waals surface area contributed by atoms with E-state index in [1.54, 1.807) is 12.1 Å². The molecule has 0 aromatic heterocycles. The Morgan fingerprint density at radius 2 is 1.93 bits per heavy atom. The number of rotatable bonds is 5. The Kier molecular flexibility index (Phi) is 4.81. The zero-order valence-electron chi connectivity index (χ0n) is 15.7. The van der Waals surface area contributed by atoms with Gasteiger partial charge in [0.05, 0.1) is 0 Å². The quantitative estimate of drug-likeness (QED) is 0.696. The lowest BCUT2D eigenvalue weighted by Gasteiger charge is -2.36. The van der Waals surface area contributed by atoms with E-state index in [-0.39, 0.29) is 49.7 Å². The summed E-state index contributed by atoms with van der Waals surface area (Å²) in [5, 5.41) is 11.4. The molecule has 1 aromatic rings. The molecule has 0 bridgehead atoms. The van der Waals surface area contributed by atoms with Gasteiger partial charge in [0.25, 0.3) is 11.8 Å². The third-order valence-corrected chi connectivity index (χ3v) is 5.85. The molecule has 1 atom stereocenters. The summed E-state index contributed by atoms with van der Waals surface area (Å²) >= 11 is 0. The molecule has 1 aromatic carbocycles. The first-order valence-corrected chi connectivity index (χ1v) is 9.65. The number of carboxylic acids is 1. The first-order chi connectivity index (χ1) is 13.8. The Balaban J connectivity index is 1.55. The molecule has 3 aliphatic rings. The minimum Gasteiger partial charge on any atom is -0.480 e. The van der Waals surface area contributed by atoms with Crippen molar-refractivity contribution in [3.05, 3.63) is 34.9 Å². The molecule has 0 radical (unpaired) electrons. The topological polar surface area (TPSA) is 124 Å². The zero-order chi connectivity index (χ0) is 20.7. The van der Waals surface area contributed by atoms with Crippen molar-refractivity contribution in [2.45, 2.75) is 50.7 Å². The van der Waals surface area contributed by atoms with Crippen LogP contribution in [0.3, 0.4) is 0 Å². The highest BCUT2D eigenvalue weighted by Crippen LogP contribution is 2.30. The third-order valence-electron chi connectivity index (χ3n) is 5.85. The molecular formula is C20H21N3O6. The number of benzene rings is 1. The number of nitrogens with zero attached hydrogens (tertiary/aromatic N) is 2. The van der Waals surface area contributed by atoms with Crippen LogP contribution in [0, 0.1) is 0 Å². The van der Waals surface area contributed by atoms with Crippen molar-refractivity contribution in [3.63, 3.8) is 0 Å². The number of hydrogen-bond donors (Lipinski definition) is 2. The average molecular weight is 399 g/mol. The smallest absolute Gasteiger partial charge is 0.323 e. The van der Waals surface area contributed by atoms with E-state index in [2.05, 4.69) is 5.32 Å². The lowest BCUT2D eigenvalue weighted by molar-refractivity contribution is -0.139. The average Bonchev–Trinajstić information content (AvgIpc) is 2.94.